The molecule has 0 aliphatic carbocycles. The second kappa shape index (κ2) is 3.27. The van der Waals surface area contributed by atoms with Gasteiger partial charge in [-0.05, 0) is 38.8 Å². The van der Waals surface area contributed by atoms with Gasteiger partial charge in [0.25, 0.3) is 0 Å². The molecule has 1 aliphatic heterocycles. The molecular formula is C9H15N3. The Morgan fingerprint density at radius 2 is 2.50 bits per heavy atom. The molecule has 1 saturated heterocycles. The highest BCUT2D eigenvalue weighted by molar-refractivity contribution is 4.96. The van der Waals surface area contributed by atoms with Crippen LogP contribution >= 0.6 is 0 Å². The minimum absolute atomic E-state index is 0.437. The topological polar surface area (TPSA) is 29.9 Å². The Morgan fingerprint density at radius 3 is 3.08 bits per heavy atom. The van der Waals surface area contributed by atoms with Crippen LogP contribution in [-0.4, -0.2) is 16.3 Å². The van der Waals surface area contributed by atoms with Crippen molar-refractivity contribution in [1.29, 1.82) is 0 Å². The lowest BCUT2D eigenvalue weighted by Gasteiger charge is -2.23. The van der Waals surface area contributed by atoms with Gasteiger partial charge >= 0.3 is 0 Å². The van der Waals surface area contributed by atoms with Crippen molar-refractivity contribution in [3.63, 3.8) is 0 Å². The van der Waals surface area contributed by atoms with Crippen LogP contribution in [-0.2, 0) is 0 Å². The molecule has 3 nitrogen and oxygen atoms in total. The molecule has 2 rings (SSSR count). The zero-order valence-electron chi connectivity index (χ0n) is 7.45. The molecule has 0 unspecified atom stereocenters. The van der Waals surface area contributed by atoms with Crippen molar-refractivity contribution in [3.8, 4) is 0 Å². The van der Waals surface area contributed by atoms with E-state index in [-0.39, 0.29) is 0 Å². The number of rotatable bonds is 1. The van der Waals surface area contributed by atoms with Gasteiger partial charge in [-0.25, -0.2) is 0 Å². The van der Waals surface area contributed by atoms with Crippen LogP contribution in [0.25, 0.3) is 0 Å². The quantitative estimate of drug-likeness (QED) is 0.682. The first-order valence-electron chi connectivity index (χ1n) is 4.61. The van der Waals surface area contributed by atoms with Gasteiger partial charge in [0, 0.05) is 6.20 Å². The van der Waals surface area contributed by atoms with Crippen LogP contribution in [0.1, 0.15) is 31.1 Å². The van der Waals surface area contributed by atoms with Gasteiger partial charge in [-0.3, -0.25) is 10.00 Å². The molecule has 0 radical (unpaired) electrons. The predicted octanol–water partition coefficient (Wildman–Crippen LogP) is 1.46. The van der Waals surface area contributed by atoms with E-state index in [4.69, 9.17) is 0 Å². The standard InChI is InChI=1S/C9H15N3/c1-8-5-7-12(11-8)9-4-2-3-6-10-9/h5,7,9-10H,2-4,6H2,1H3/t9-/m1/s1. The van der Waals surface area contributed by atoms with Crippen molar-refractivity contribution >= 4 is 0 Å². The first kappa shape index (κ1) is 7.80. The molecule has 0 bridgehead atoms. The number of aromatic nitrogens is 2. The Bertz CT molecular complexity index is 248. The average Bonchev–Trinajstić information content (AvgIpc) is 2.54. The molecule has 1 aromatic heterocycles. The highest BCUT2D eigenvalue weighted by Crippen LogP contribution is 2.15. The minimum Gasteiger partial charge on any atom is -0.296 e. The Labute approximate surface area is 72.8 Å². The summed E-state index contributed by atoms with van der Waals surface area (Å²) in [5, 5.41) is 7.84. The van der Waals surface area contributed by atoms with Gasteiger partial charge in [0.2, 0.25) is 0 Å². The number of piperidine rings is 1. The summed E-state index contributed by atoms with van der Waals surface area (Å²) in [7, 11) is 0. The van der Waals surface area contributed by atoms with Crippen molar-refractivity contribution in [2.24, 2.45) is 0 Å². The molecular weight excluding hydrogens is 150 g/mol. The van der Waals surface area contributed by atoms with Gasteiger partial charge in [-0.15, -0.1) is 0 Å². The van der Waals surface area contributed by atoms with Crippen LogP contribution in [0.5, 0.6) is 0 Å². The van der Waals surface area contributed by atoms with Crippen molar-refractivity contribution in [3.05, 3.63) is 18.0 Å². The fraction of sp³-hybridized carbons (Fsp3) is 0.667. The molecule has 1 fully saturated rings. The minimum atomic E-state index is 0.437. The number of nitrogens with zero attached hydrogens (tertiary/aromatic N) is 2. The molecule has 3 heteroatoms. The number of hydrogen-bond donors (Lipinski definition) is 1. The predicted molar refractivity (Wildman–Crippen MR) is 47.9 cm³/mol. The maximum absolute atomic E-state index is 4.39. The van der Waals surface area contributed by atoms with Gasteiger partial charge in [0.15, 0.2) is 0 Å². The van der Waals surface area contributed by atoms with Gasteiger partial charge in [-0.1, -0.05) is 0 Å². The number of aryl methyl sites for hydroxylation is 1. The molecule has 12 heavy (non-hydrogen) atoms. The van der Waals surface area contributed by atoms with Crippen molar-refractivity contribution in [1.82, 2.24) is 15.1 Å². The molecule has 0 saturated carbocycles. The van der Waals surface area contributed by atoms with E-state index >= 15 is 0 Å². The molecule has 1 N–H and O–H groups in total. The summed E-state index contributed by atoms with van der Waals surface area (Å²) in [4.78, 5) is 0. The maximum atomic E-state index is 4.39. The van der Waals surface area contributed by atoms with Crippen molar-refractivity contribution in [2.75, 3.05) is 6.54 Å². The fourth-order valence-electron chi connectivity index (χ4n) is 1.67. The lowest BCUT2D eigenvalue weighted by molar-refractivity contribution is 0.297. The smallest absolute Gasteiger partial charge is 0.101 e. The first-order chi connectivity index (χ1) is 5.86. The van der Waals surface area contributed by atoms with E-state index in [9.17, 15) is 0 Å². The molecule has 0 aromatic carbocycles. The molecule has 1 aliphatic rings. The van der Waals surface area contributed by atoms with Crippen molar-refractivity contribution in [2.45, 2.75) is 32.4 Å². The first-order valence-corrected chi connectivity index (χ1v) is 4.61. The van der Waals surface area contributed by atoms with Gasteiger partial charge in [0.05, 0.1) is 5.69 Å². The van der Waals surface area contributed by atoms with E-state index in [1.165, 1.54) is 19.3 Å². The largest absolute Gasteiger partial charge is 0.296 e. The Hall–Kier alpha value is -0.830. The van der Waals surface area contributed by atoms with Crippen LogP contribution in [0, 0.1) is 6.92 Å². The highest BCUT2D eigenvalue weighted by Gasteiger charge is 2.13. The summed E-state index contributed by atoms with van der Waals surface area (Å²) in [5.41, 5.74) is 1.10. The second-order valence-corrected chi connectivity index (χ2v) is 3.40. The van der Waals surface area contributed by atoms with E-state index in [0.717, 1.165) is 12.2 Å². The lowest BCUT2D eigenvalue weighted by Crippen LogP contribution is -2.31. The SMILES string of the molecule is Cc1ccn([C@@H]2CCCCN2)n1. The van der Waals surface area contributed by atoms with E-state index in [1.54, 1.807) is 0 Å². The average molecular weight is 165 g/mol. The summed E-state index contributed by atoms with van der Waals surface area (Å²) in [6.07, 6.45) is 6.32. The van der Waals surface area contributed by atoms with Crippen LogP contribution in [0.3, 0.4) is 0 Å². The van der Waals surface area contributed by atoms with Crippen molar-refractivity contribution < 1.29 is 0 Å². The summed E-state index contributed by atoms with van der Waals surface area (Å²) >= 11 is 0. The third-order valence-electron chi connectivity index (χ3n) is 2.35. The van der Waals surface area contributed by atoms with E-state index in [1.807, 2.05) is 11.6 Å². The summed E-state index contributed by atoms with van der Waals surface area (Å²) in [5.74, 6) is 0. The lowest BCUT2D eigenvalue weighted by atomic mass is 10.1. The van der Waals surface area contributed by atoms with Gasteiger partial charge in [-0.2, -0.15) is 5.10 Å². The number of hydrogen-bond acceptors (Lipinski definition) is 2. The molecule has 0 spiro atoms. The molecule has 1 atom stereocenters. The Morgan fingerprint density at radius 1 is 1.58 bits per heavy atom. The zero-order valence-corrected chi connectivity index (χ0v) is 7.45. The third kappa shape index (κ3) is 1.50. The highest BCUT2D eigenvalue weighted by atomic mass is 15.4. The van der Waals surface area contributed by atoms with Crippen LogP contribution in [0.4, 0.5) is 0 Å². The molecule has 1 aromatic rings. The third-order valence-corrected chi connectivity index (χ3v) is 2.35. The summed E-state index contributed by atoms with van der Waals surface area (Å²) in [6, 6.07) is 2.05. The zero-order chi connectivity index (χ0) is 8.39. The monoisotopic (exact) mass is 165 g/mol. The van der Waals surface area contributed by atoms with Crippen LogP contribution < -0.4 is 5.32 Å². The molecule has 66 valence electrons. The summed E-state index contributed by atoms with van der Waals surface area (Å²) in [6.45, 7) is 3.16. The van der Waals surface area contributed by atoms with E-state index in [2.05, 4.69) is 22.7 Å². The van der Waals surface area contributed by atoms with Crippen LogP contribution in [0.2, 0.25) is 0 Å². The van der Waals surface area contributed by atoms with Gasteiger partial charge in [0.1, 0.15) is 6.17 Å². The number of nitrogens with one attached hydrogen (secondary N) is 1. The molecule has 0 amide bonds. The van der Waals surface area contributed by atoms with Crippen LogP contribution in [0.15, 0.2) is 12.3 Å². The second-order valence-electron chi connectivity index (χ2n) is 3.40. The summed E-state index contributed by atoms with van der Waals surface area (Å²) < 4.78 is 2.04. The maximum Gasteiger partial charge on any atom is 0.101 e. The van der Waals surface area contributed by atoms with E-state index < -0.39 is 0 Å². The fourth-order valence-corrected chi connectivity index (χ4v) is 1.67. The normalized spacial score (nSPS) is 24.2. The Kier molecular flexibility index (Phi) is 2.13. The molecule has 2 heterocycles. The van der Waals surface area contributed by atoms with Gasteiger partial charge < -0.3 is 0 Å². The Balaban J connectivity index is 2.08. The van der Waals surface area contributed by atoms with E-state index in [0.29, 0.717) is 6.17 Å².